The highest BCUT2D eigenvalue weighted by Gasteiger charge is 2.16. The van der Waals surface area contributed by atoms with Gasteiger partial charge in [0.25, 0.3) is 0 Å². The van der Waals surface area contributed by atoms with Gasteiger partial charge in [0, 0.05) is 17.5 Å². The Hall–Kier alpha value is -2.14. The van der Waals surface area contributed by atoms with Crippen LogP contribution in [0, 0.1) is 19.8 Å². The van der Waals surface area contributed by atoms with E-state index in [0.717, 1.165) is 40.6 Å². The van der Waals surface area contributed by atoms with Crippen LogP contribution in [0.15, 0.2) is 22.7 Å². The molecule has 4 rings (SSSR count). The van der Waals surface area contributed by atoms with Crippen molar-refractivity contribution >= 4 is 10.9 Å². The van der Waals surface area contributed by atoms with Gasteiger partial charge in [-0.25, -0.2) is 0 Å². The molecule has 3 aromatic rings. The molecule has 0 aliphatic carbocycles. The number of H-pyrrole nitrogens is 1. The average Bonchev–Trinajstić information content (AvgIpc) is 3.18. The fraction of sp³-hybridized carbons (Fsp3) is 0.545. The molecule has 0 unspecified atom stereocenters. The van der Waals surface area contributed by atoms with Gasteiger partial charge in [0.2, 0.25) is 0 Å². The Bertz CT molecular complexity index is 849. The number of likely N-dealkylation sites (tertiary alicyclic amines) is 1. The number of fused-ring (bicyclic) bond motifs is 1. The zero-order valence-electron chi connectivity index (χ0n) is 17.3. The first-order chi connectivity index (χ1) is 13.0. The number of aromatic amines is 1. The molecule has 0 saturated carbocycles. The Morgan fingerprint density at radius 3 is 2.44 bits per heavy atom. The van der Waals surface area contributed by atoms with Crippen LogP contribution in [0.3, 0.4) is 0 Å². The lowest BCUT2D eigenvalue weighted by Crippen LogP contribution is -2.29. The van der Waals surface area contributed by atoms with Gasteiger partial charge in [-0.1, -0.05) is 38.4 Å². The lowest BCUT2D eigenvalue weighted by Gasteiger charge is -2.25. The van der Waals surface area contributed by atoms with Gasteiger partial charge in [-0.05, 0) is 63.4 Å². The highest BCUT2D eigenvalue weighted by molar-refractivity contribution is 5.87. The van der Waals surface area contributed by atoms with E-state index in [9.17, 15) is 0 Å². The first-order valence-electron chi connectivity index (χ1n) is 10.1. The molecule has 1 saturated heterocycles. The van der Waals surface area contributed by atoms with E-state index in [2.05, 4.69) is 59.2 Å². The molecule has 1 aromatic carbocycles. The van der Waals surface area contributed by atoms with Crippen LogP contribution in [0.4, 0.5) is 0 Å². The molecule has 3 heterocycles. The van der Waals surface area contributed by atoms with Crippen molar-refractivity contribution in [3.05, 3.63) is 35.3 Å². The summed E-state index contributed by atoms with van der Waals surface area (Å²) in [6, 6.07) is 6.39. The van der Waals surface area contributed by atoms with E-state index in [0.29, 0.717) is 0 Å². The van der Waals surface area contributed by atoms with E-state index in [1.807, 2.05) is 13.8 Å². The first kappa shape index (κ1) is 19.6. The van der Waals surface area contributed by atoms with Crippen LogP contribution in [-0.4, -0.2) is 33.3 Å². The predicted octanol–water partition coefficient (Wildman–Crippen LogP) is 5.48. The van der Waals surface area contributed by atoms with Crippen molar-refractivity contribution in [3.8, 4) is 11.1 Å². The molecule has 2 aromatic heterocycles. The fourth-order valence-electron chi connectivity index (χ4n) is 3.58. The molecular formula is C22H32N4O. The average molecular weight is 369 g/mol. The molecule has 0 spiro atoms. The summed E-state index contributed by atoms with van der Waals surface area (Å²) in [5.74, 6) is 1.70. The third kappa shape index (κ3) is 4.78. The Balaban J connectivity index is 0.000000481. The summed E-state index contributed by atoms with van der Waals surface area (Å²) in [6.07, 6.45) is 3.96. The van der Waals surface area contributed by atoms with Crippen molar-refractivity contribution in [2.75, 3.05) is 13.1 Å². The number of hydrogen-bond donors (Lipinski definition) is 1. The lowest BCUT2D eigenvalue weighted by atomic mass is 10.0. The Labute approximate surface area is 162 Å². The number of aryl methyl sites for hydroxylation is 2. The van der Waals surface area contributed by atoms with Crippen molar-refractivity contribution in [3.63, 3.8) is 0 Å². The van der Waals surface area contributed by atoms with Gasteiger partial charge in [-0.2, -0.15) is 5.10 Å². The molecule has 146 valence electrons. The number of piperidine rings is 1. The van der Waals surface area contributed by atoms with Gasteiger partial charge < -0.3 is 4.52 Å². The highest BCUT2D eigenvalue weighted by atomic mass is 16.5. The first-order valence-corrected chi connectivity index (χ1v) is 10.1. The van der Waals surface area contributed by atoms with Gasteiger partial charge in [-0.3, -0.25) is 10.00 Å². The van der Waals surface area contributed by atoms with Crippen molar-refractivity contribution in [1.82, 2.24) is 20.3 Å². The van der Waals surface area contributed by atoms with Crippen molar-refractivity contribution in [2.24, 2.45) is 5.92 Å². The van der Waals surface area contributed by atoms with E-state index >= 15 is 0 Å². The second-order valence-corrected chi connectivity index (χ2v) is 8.20. The van der Waals surface area contributed by atoms with E-state index in [4.69, 9.17) is 4.52 Å². The molecule has 5 heteroatoms. The van der Waals surface area contributed by atoms with E-state index < -0.39 is 0 Å². The van der Waals surface area contributed by atoms with Crippen molar-refractivity contribution < 1.29 is 4.52 Å². The molecule has 1 aliphatic rings. The Morgan fingerprint density at radius 2 is 1.81 bits per heavy atom. The largest absolute Gasteiger partial charge is 0.361 e. The molecule has 1 N–H and O–H groups in total. The van der Waals surface area contributed by atoms with E-state index in [1.165, 1.54) is 43.4 Å². The maximum absolute atomic E-state index is 5.31. The minimum absolute atomic E-state index is 0.833. The number of nitrogens with zero attached hydrogens (tertiary/aromatic N) is 3. The molecule has 0 amide bonds. The molecular weight excluding hydrogens is 336 g/mol. The lowest BCUT2D eigenvalue weighted by molar-refractivity contribution is 0.219. The molecule has 0 atom stereocenters. The normalized spacial score (nSPS) is 15.2. The Morgan fingerprint density at radius 1 is 1.11 bits per heavy atom. The van der Waals surface area contributed by atoms with Gasteiger partial charge in [0.05, 0.1) is 16.9 Å². The molecule has 27 heavy (non-hydrogen) atoms. The number of hydrogen-bond acceptors (Lipinski definition) is 4. The summed E-state index contributed by atoms with van der Waals surface area (Å²) in [4.78, 5) is 2.51. The predicted molar refractivity (Wildman–Crippen MR) is 111 cm³/mol. The maximum atomic E-state index is 5.31. The zero-order chi connectivity index (χ0) is 19.4. The van der Waals surface area contributed by atoms with E-state index in [-0.39, 0.29) is 0 Å². The number of nitrogens with one attached hydrogen (secondary N) is 1. The molecule has 0 bridgehead atoms. The van der Waals surface area contributed by atoms with Crippen LogP contribution in [0.1, 0.15) is 57.2 Å². The molecule has 0 radical (unpaired) electrons. The van der Waals surface area contributed by atoms with Gasteiger partial charge in [0.1, 0.15) is 5.76 Å². The molecule has 1 aliphatic heterocycles. The van der Waals surface area contributed by atoms with Crippen molar-refractivity contribution in [1.29, 1.82) is 0 Å². The van der Waals surface area contributed by atoms with Crippen LogP contribution in [-0.2, 0) is 6.54 Å². The van der Waals surface area contributed by atoms with Crippen molar-refractivity contribution in [2.45, 2.75) is 60.4 Å². The van der Waals surface area contributed by atoms with Gasteiger partial charge >= 0.3 is 0 Å². The summed E-state index contributed by atoms with van der Waals surface area (Å²) in [7, 11) is 0. The van der Waals surface area contributed by atoms with Crippen LogP contribution in [0.2, 0.25) is 0 Å². The molecule has 5 nitrogen and oxygen atoms in total. The third-order valence-corrected chi connectivity index (χ3v) is 4.79. The second-order valence-electron chi connectivity index (χ2n) is 8.20. The summed E-state index contributed by atoms with van der Waals surface area (Å²) < 4.78 is 5.31. The number of benzene rings is 1. The maximum Gasteiger partial charge on any atom is 0.141 e. The SMILES string of the molecule is CC(C)C.Cc1noc(C)c1-c1ccc2n[nH]c(CN3CCCCC3)c2c1. The van der Waals surface area contributed by atoms with Gasteiger partial charge in [0.15, 0.2) is 0 Å². The van der Waals surface area contributed by atoms with Crippen LogP contribution < -0.4 is 0 Å². The monoisotopic (exact) mass is 368 g/mol. The topological polar surface area (TPSA) is 58.0 Å². The van der Waals surface area contributed by atoms with Gasteiger partial charge in [-0.15, -0.1) is 0 Å². The third-order valence-electron chi connectivity index (χ3n) is 4.79. The molecule has 1 fully saturated rings. The smallest absolute Gasteiger partial charge is 0.141 e. The summed E-state index contributed by atoms with van der Waals surface area (Å²) in [5, 5.41) is 13.0. The van der Waals surface area contributed by atoms with Crippen LogP contribution in [0.25, 0.3) is 22.0 Å². The second kappa shape index (κ2) is 8.70. The Kier molecular flexibility index (Phi) is 6.32. The summed E-state index contributed by atoms with van der Waals surface area (Å²) >= 11 is 0. The van der Waals surface area contributed by atoms with Crippen LogP contribution >= 0.6 is 0 Å². The van der Waals surface area contributed by atoms with Crippen LogP contribution in [0.5, 0.6) is 0 Å². The van der Waals surface area contributed by atoms with E-state index in [1.54, 1.807) is 0 Å². The minimum atomic E-state index is 0.833. The number of rotatable bonds is 3. The summed E-state index contributed by atoms with van der Waals surface area (Å²) in [5.41, 5.74) is 5.40. The fourth-order valence-corrected chi connectivity index (χ4v) is 3.58. The highest BCUT2D eigenvalue weighted by Crippen LogP contribution is 2.30. The quantitative estimate of drug-likeness (QED) is 0.665. The standard InChI is InChI=1S/C18H22N4O.C4H10/c1-12-18(13(2)23-21-12)14-6-7-16-15(10-14)17(20-19-16)11-22-8-4-3-5-9-22;1-4(2)3/h6-7,10H,3-5,8-9,11H2,1-2H3,(H,19,20);4H,1-3H3. The minimum Gasteiger partial charge on any atom is -0.361 e. The number of aromatic nitrogens is 3. The zero-order valence-corrected chi connectivity index (χ0v) is 17.3. The summed E-state index contributed by atoms with van der Waals surface area (Å²) in [6.45, 7) is 13.8.